The lowest BCUT2D eigenvalue weighted by atomic mass is 10.3. The van der Waals surface area contributed by atoms with Crippen LogP contribution in [0.5, 0.6) is 0 Å². The maximum absolute atomic E-state index is 12.5. The van der Waals surface area contributed by atoms with Gasteiger partial charge in [0.1, 0.15) is 10.7 Å². The average molecular weight is 266 g/mol. The van der Waals surface area contributed by atoms with Crippen LogP contribution < -0.4 is 11.1 Å². The van der Waals surface area contributed by atoms with Crippen LogP contribution in [0.1, 0.15) is 35.4 Å². The van der Waals surface area contributed by atoms with Gasteiger partial charge in [0.25, 0.3) is 5.91 Å². The van der Waals surface area contributed by atoms with Crippen LogP contribution in [-0.4, -0.2) is 35.4 Å². The average Bonchev–Trinajstić information content (AvgIpc) is 3.23. The zero-order valence-corrected chi connectivity index (χ0v) is 11.3. The molecule has 2 fully saturated rings. The van der Waals surface area contributed by atoms with Crippen molar-refractivity contribution in [3.05, 3.63) is 4.88 Å². The lowest BCUT2D eigenvalue weighted by molar-refractivity contribution is 0.0740. The monoisotopic (exact) mass is 266 g/mol. The van der Waals surface area contributed by atoms with Crippen molar-refractivity contribution in [1.82, 2.24) is 9.88 Å². The number of anilines is 2. The topological polar surface area (TPSA) is 71.2 Å². The maximum atomic E-state index is 12.5. The normalized spacial score (nSPS) is 18.7. The predicted octanol–water partition coefficient (Wildman–Crippen LogP) is 1.78. The summed E-state index contributed by atoms with van der Waals surface area (Å²) >= 11 is 1.35. The molecule has 6 heteroatoms. The van der Waals surface area contributed by atoms with Crippen LogP contribution in [0.2, 0.25) is 0 Å². The molecule has 2 saturated carbocycles. The lowest BCUT2D eigenvalue weighted by Crippen LogP contribution is -2.34. The standard InChI is InChI=1S/C12H18N4OS/c1-14-12-15-10(13)9(18-12)11(17)16(8-4-5-8)6-7-2-3-7/h7-8H,2-6,13H2,1H3,(H,14,15). The van der Waals surface area contributed by atoms with Gasteiger partial charge >= 0.3 is 0 Å². The van der Waals surface area contributed by atoms with Gasteiger partial charge in [-0.2, -0.15) is 0 Å². The molecule has 1 heterocycles. The first-order chi connectivity index (χ1) is 8.69. The fourth-order valence-corrected chi connectivity index (χ4v) is 2.88. The minimum absolute atomic E-state index is 0.0703. The van der Waals surface area contributed by atoms with E-state index in [4.69, 9.17) is 5.73 Å². The number of hydrogen-bond acceptors (Lipinski definition) is 5. The molecule has 1 aromatic heterocycles. The SMILES string of the molecule is CNc1nc(N)c(C(=O)N(CC2CC2)C2CC2)s1. The highest BCUT2D eigenvalue weighted by Crippen LogP contribution is 2.37. The van der Waals surface area contributed by atoms with Crippen molar-refractivity contribution in [1.29, 1.82) is 0 Å². The third-order valence-electron chi connectivity index (χ3n) is 3.46. The highest BCUT2D eigenvalue weighted by atomic mass is 32.1. The molecule has 3 rings (SSSR count). The quantitative estimate of drug-likeness (QED) is 0.852. The summed E-state index contributed by atoms with van der Waals surface area (Å²) < 4.78 is 0. The van der Waals surface area contributed by atoms with E-state index < -0.39 is 0 Å². The summed E-state index contributed by atoms with van der Waals surface area (Å²) in [6, 6.07) is 0.442. The van der Waals surface area contributed by atoms with Crippen LogP contribution in [-0.2, 0) is 0 Å². The number of aromatic nitrogens is 1. The molecule has 0 spiro atoms. The van der Waals surface area contributed by atoms with E-state index in [-0.39, 0.29) is 5.91 Å². The van der Waals surface area contributed by atoms with Crippen LogP contribution in [0.4, 0.5) is 10.9 Å². The van der Waals surface area contributed by atoms with E-state index in [1.165, 1.54) is 24.2 Å². The van der Waals surface area contributed by atoms with E-state index in [0.29, 0.717) is 27.8 Å². The van der Waals surface area contributed by atoms with Gasteiger partial charge in [-0.25, -0.2) is 4.98 Å². The first kappa shape index (κ1) is 11.8. The van der Waals surface area contributed by atoms with E-state index in [9.17, 15) is 4.79 Å². The molecule has 0 saturated heterocycles. The van der Waals surface area contributed by atoms with Gasteiger partial charge in [-0.3, -0.25) is 4.79 Å². The van der Waals surface area contributed by atoms with Gasteiger partial charge in [0.15, 0.2) is 5.13 Å². The van der Waals surface area contributed by atoms with E-state index in [1.807, 2.05) is 4.90 Å². The van der Waals surface area contributed by atoms with E-state index in [0.717, 1.165) is 19.4 Å². The van der Waals surface area contributed by atoms with Gasteiger partial charge in [0.2, 0.25) is 0 Å². The Balaban J connectivity index is 1.79. The molecule has 0 unspecified atom stereocenters. The lowest BCUT2D eigenvalue weighted by Gasteiger charge is -2.21. The summed E-state index contributed by atoms with van der Waals surface area (Å²) in [5.74, 6) is 1.14. The molecule has 2 aliphatic carbocycles. The first-order valence-electron chi connectivity index (χ1n) is 6.44. The third-order valence-corrected chi connectivity index (χ3v) is 4.54. The predicted molar refractivity (Wildman–Crippen MR) is 72.9 cm³/mol. The van der Waals surface area contributed by atoms with Crippen molar-refractivity contribution >= 4 is 28.2 Å². The maximum Gasteiger partial charge on any atom is 0.268 e. The van der Waals surface area contributed by atoms with Gasteiger partial charge in [-0.15, -0.1) is 0 Å². The van der Waals surface area contributed by atoms with Crippen molar-refractivity contribution in [3.8, 4) is 0 Å². The van der Waals surface area contributed by atoms with Gasteiger partial charge < -0.3 is 16.0 Å². The second-order valence-electron chi connectivity index (χ2n) is 5.12. The van der Waals surface area contributed by atoms with Crippen molar-refractivity contribution in [2.45, 2.75) is 31.7 Å². The third kappa shape index (κ3) is 2.29. The molecule has 2 aliphatic rings. The molecular weight excluding hydrogens is 248 g/mol. The number of amides is 1. The second kappa shape index (κ2) is 4.42. The number of nitrogen functional groups attached to an aromatic ring is 1. The number of thiazole rings is 1. The highest BCUT2D eigenvalue weighted by Gasteiger charge is 2.38. The first-order valence-corrected chi connectivity index (χ1v) is 7.25. The molecule has 1 aromatic rings. The summed E-state index contributed by atoms with van der Waals surface area (Å²) in [6.45, 7) is 0.899. The minimum atomic E-state index is 0.0703. The molecule has 98 valence electrons. The van der Waals surface area contributed by atoms with Crippen LogP contribution in [0.25, 0.3) is 0 Å². The molecule has 1 amide bonds. The van der Waals surface area contributed by atoms with Crippen LogP contribution >= 0.6 is 11.3 Å². The van der Waals surface area contributed by atoms with Crippen molar-refractivity contribution in [2.75, 3.05) is 24.6 Å². The smallest absolute Gasteiger partial charge is 0.268 e. The van der Waals surface area contributed by atoms with Crippen LogP contribution in [0, 0.1) is 5.92 Å². The summed E-state index contributed by atoms with van der Waals surface area (Å²) in [6.07, 6.45) is 4.79. The summed E-state index contributed by atoms with van der Waals surface area (Å²) in [7, 11) is 1.79. The van der Waals surface area contributed by atoms with E-state index in [1.54, 1.807) is 7.05 Å². The Labute approximate surface area is 110 Å². The molecule has 0 bridgehead atoms. The zero-order chi connectivity index (χ0) is 12.7. The number of rotatable bonds is 5. The Morgan fingerprint density at radius 3 is 2.72 bits per heavy atom. The van der Waals surface area contributed by atoms with Gasteiger partial charge in [-0.05, 0) is 31.6 Å². The Bertz CT molecular complexity index is 465. The summed E-state index contributed by atoms with van der Waals surface area (Å²) in [4.78, 5) is 19.3. The van der Waals surface area contributed by atoms with E-state index >= 15 is 0 Å². The molecule has 0 atom stereocenters. The summed E-state index contributed by atoms with van der Waals surface area (Å²) in [5.41, 5.74) is 5.83. The van der Waals surface area contributed by atoms with Crippen molar-refractivity contribution in [3.63, 3.8) is 0 Å². The Morgan fingerprint density at radius 2 is 2.22 bits per heavy atom. The van der Waals surface area contributed by atoms with Gasteiger partial charge in [-0.1, -0.05) is 11.3 Å². The number of carbonyl (C=O) groups is 1. The molecule has 3 N–H and O–H groups in total. The molecular formula is C12H18N4OS. The molecule has 0 radical (unpaired) electrons. The molecule has 0 aliphatic heterocycles. The number of hydrogen-bond donors (Lipinski definition) is 2. The van der Waals surface area contributed by atoms with Gasteiger partial charge in [0, 0.05) is 19.6 Å². The fourth-order valence-electron chi connectivity index (χ4n) is 2.09. The van der Waals surface area contributed by atoms with Crippen LogP contribution in [0.15, 0.2) is 0 Å². The molecule has 5 nitrogen and oxygen atoms in total. The zero-order valence-electron chi connectivity index (χ0n) is 10.5. The molecule has 18 heavy (non-hydrogen) atoms. The van der Waals surface area contributed by atoms with Crippen molar-refractivity contribution in [2.24, 2.45) is 5.92 Å². The van der Waals surface area contributed by atoms with Crippen LogP contribution in [0.3, 0.4) is 0 Å². The Kier molecular flexibility index (Phi) is 2.89. The number of carbonyl (C=O) groups excluding carboxylic acids is 1. The number of nitrogens with one attached hydrogen (secondary N) is 1. The Hall–Kier alpha value is -1.30. The van der Waals surface area contributed by atoms with E-state index in [2.05, 4.69) is 10.3 Å². The second-order valence-corrected chi connectivity index (χ2v) is 6.11. The van der Waals surface area contributed by atoms with Gasteiger partial charge in [0.05, 0.1) is 0 Å². The minimum Gasteiger partial charge on any atom is -0.382 e. The summed E-state index contributed by atoms with van der Waals surface area (Å²) in [5, 5.41) is 3.64. The number of nitrogens with zero attached hydrogens (tertiary/aromatic N) is 2. The van der Waals surface area contributed by atoms with Crippen molar-refractivity contribution < 1.29 is 4.79 Å². The fraction of sp³-hybridized carbons (Fsp3) is 0.667. The largest absolute Gasteiger partial charge is 0.382 e. The highest BCUT2D eigenvalue weighted by molar-refractivity contribution is 7.18. The number of nitrogens with two attached hydrogens (primary N) is 1. The Morgan fingerprint density at radius 1 is 1.50 bits per heavy atom. The molecule has 0 aromatic carbocycles.